The average molecular weight is 343 g/mol. The first-order valence-electron chi connectivity index (χ1n) is 8.06. The van der Waals surface area contributed by atoms with Crippen LogP contribution in [0, 0.1) is 0 Å². The minimum atomic E-state index is -1.21. The van der Waals surface area contributed by atoms with Crippen molar-refractivity contribution < 1.29 is 23.8 Å². The maximum Gasteiger partial charge on any atom is 0.340 e. The van der Waals surface area contributed by atoms with Crippen LogP contribution in [0.2, 0.25) is 0 Å². The average Bonchev–Trinajstić information content (AvgIpc) is 2.62. The molecule has 2 rings (SSSR count). The van der Waals surface area contributed by atoms with Crippen LogP contribution in [-0.2, 0) is 19.1 Å². The van der Waals surface area contributed by atoms with E-state index in [2.05, 4.69) is 5.32 Å². The minimum Gasteiger partial charge on any atom is -0.464 e. The number of carbonyl (C=O) groups excluding carboxylic acids is 2. The number of anilines is 1. The molecule has 0 heterocycles. The summed E-state index contributed by atoms with van der Waals surface area (Å²) in [4.78, 5) is 23.9. The smallest absolute Gasteiger partial charge is 0.340 e. The van der Waals surface area contributed by atoms with Crippen molar-refractivity contribution in [2.24, 2.45) is 0 Å². The lowest BCUT2D eigenvalue weighted by Crippen LogP contribution is -2.40. The Labute approximate surface area is 146 Å². The summed E-state index contributed by atoms with van der Waals surface area (Å²) in [5, 5.41) is 2.83. The Morgan fingerprint density at radius 1 is 0.840 bits per heavy atom. The molecule has 2 aromatic carbocycles. The highest BCUT2D eigenvalue weighted by Crippen LogP contribution is 2.23. The van der Waals surface area contributed by atoms with Crippen molar-refractivity contribution in [3.05, 3.63) is 54.6 Å². The van der Waals surface area contributed by atoms with Crippen LogP contribution in [0.5, 0.6) is 11.5 Å². The molecule has 2 aromatic rings. The van der Waals surface area contributed by atoms with E-state index in [0.29, 0.717) is 11.4 Å². The predicted octanol–water partition coefficient (Wildman–Crippen LogP) is 3.39. The molecule has 0 aliphatic rings. The third-order valence-corrected chi connectivity index (χ3v) is 3.19. The summed E-state index contributed by atoms with van der Waals surface area (Å²) in [5.41, 5.74) is 0.575. The van der Waals surface area contributed by atoms with E-state index in [0.717, 1.165) is 5.75 Å². The second kappa shape index (κ2) is 9.32. The lowest BCUT2D eigenvalue weighted by atomic mass is 10.2. The van der Waals surface area contributed by atoms with Gasteiger partial charge in [0.05, 0.1) is 13.2 Å². The minimum absolute atomic E-state index is 0.181. The Hall–Kier alpha value is -3.02. The zero-order valence-corrected chi connectivity index (χ0v) is 14.2. The normalized spacial score (nSPS) is 10.2. The first kappa shape index (κ1) is 18.3. The molecule has 6 nitrogen and oxygen atoms in total. The molecule has 0 bridgehead atoms. The van der Waals surface area contributed by atoms with Crippen LogP contribution in [-0.4, -0.2) is 31.2 Å². The van der Waals surface area contributed by atoms with Crippen molar-refractivity contribution in [1.82, 2.24) is 0 Å². The summed E-state index contributed by atoms with van der Waals surface area (Å²) in [6.07, 6.45) is 0. The number of ether oxygens (including phenoxy) is 3. The van der Waals surface area contributed by atoms with Gasteiger partial charge >= 0.3 is 11.9 Å². The topological polar surface area (TPSA) is 73.9 Å². The lowest BCUT2D eigenvalue weighted by Gasteiger charge is -2.17. The second-order valence-corrected chi connectivity index (χ2v) is 5.02. The highest BCUT2D eigenvalue weighted by molar-refractivity contribution is 6.02. The van der Waals surface area contributed by atoms with Crippen LogP contribution < -0.4 is 10.1 Å². The van der Waals surface area contributed by atoms with Crippen molar-refractivity contribution in [2.75, 3.05) is 18.5 Å². The molecule has 0 amide bonds. The van der Waals surface area contributed by atoms with E-state index in [1.165, 1.54) is 0 Å². The van der Waals surface area contributed by atoms with Gasteiger partial charge in [-0.2, -0.15) is 0 Å². The quantitative estimate of drug-likeness (QED) is 0.585. The first-order valence-corrected chi connectivity index (χ1v) is 8.06. The Kier molecular flexibility index (Phi) is 6.83. The van der Waals surface area contributed by atoms with Gasteiger partial charge in [-0.3, -0.25) is 0 Å². The van der Waals surface area contributed by atoms with E-state index in [1.807, 2.05) is 30.3 Å². The molecule has 0 aromatic heterocycles. The van der Waals surface area contributed by atoms with Crippen molar-refractivity contribution in [3.63, 3.8) is 0 Å². The van der Waals surface area contributed by atoms with Crippen LogP contribution >= 0.6 is 0 Å². The molecule has 0 saturated heterocycles. The number of para-hydroxylation sites is 1. The molecular weight excluding hydrogens is 322 g/mol. The zero-order chi connectivity index (χ0) is 18.1. The molecule has 0 aliphatic carbocycles. The fourth-order valence-corrected chi connectivity index (χ4v) is 2.08. The molecule has 0 spiro atoms. The van der Waals surface area contributed by atoms with Crippen LogP contribution in [0.3, 0.4) is 0 Å². The maximum absolute atomic E-state index is 12.0. The van der Waals surface area contributed by atoms with Gasteiger partial charge in [0.1, 0.15) is 11.5 Å². The first-order chi connectivity index (χ1) is 12.1. The molecule has 132 valence electrons. The van der Waals surface area contributed by atoms with E-state index < -0.39 is 18.0 Å². The molecule has 0 saturated carbocycles. The summed E-state index contributed by atoms with van der Waals surface area (Å²) in [6, 6.07) is 15.1. The van der Waals surface area contributed by atoms with Crippen molar-refractivity contribution >= 4 is 17.6 Å². The Morgan fingerprint density at radius 3 is 1.88 bits per heavy atom. The number of hydrogen-bond acceptors (Lipinski definition) is 6. The van der Waals surface area contributed by atoms with Gasteiger partial charge < -0.3 is 19.5 Å². The molecule has 0 radical (unpaired) electrons. The molecule has 1 N–H and O–H groups in total. The highest BCUT2D eigenvalue weighted by atomic mass is 16.6. The Bertz CT molecular complexity index is 667. The van der Waals surface area contributed by atoms with Gasteiger partial charge in [-0.25, -0.2) is 9.59 Å². The van der Waals surface area contributed by atoms with Gasteiger partial charge in [-0.05, 0) is 50.2 Å². The van der Waals surface area contributed by atoms with Crippen LogP contribution in [0.15, 0.2) is 54.6 Å². The zero-order valence-electron chi connectivity index (χ0n) is 14.2. The van der Waals surface area contributed by atoms with Gasteiger partial charge in [0, 0.05) is 5.69 Å². The summed E-state index contributed by atoms with van der Waals surface area (Å²) in [6.45, 7) is 3.71. The Balaban J connectivity index is 2.06. The van der Waals surface area contributed by atoms with Gasteiger partial charge in [0.25, 0.3) is 0 Å². The number of rotatable bonds is 8. The highest BCUT2D eigenvalue weighted by Gasteiger charge is 2.29. The third-order valence-electron chi connectivity index (χ3n) is 3.19. The summed E-state index contributed by atoms with van der Waals surface area (Å²) in [5.74, 6) is 0.0100. The molecule has 0 atom stereocenters. The van der Waals surface area contributed by atoms with Crippen LogP contribution in [0.4, 0.5) is 5.69 Å². The molecule has 6 heteroatoms. The van der Waals surface area contributed by atoms with E-state index in [4.69, 9.17) is 14.2 Å². The standard InChI is InChI=1S/C19H21NO5/c1-3-23-18(21)17(19(22)24-4-2)20-14-10-12-16(13-11-14)25-15-8-6-5-7-9-15/h5-13,17,20H,3-4H2,1-2H3. The van der Waals surface area contributed by atoms with Gasteiger partial charge in [-0.1, -0.05) is 18.2 Å². The fourth-order valence-electron chi connectivity index (χ4n) is 2.08. The van der Waals surface area contributed by atoms with Gasteiger partial charge in [-0.15, -0.1) is 0 Å². The number of benzene rings is 2. The summed E-state index contributed by atoms with van der Waals surface area (Å²) < 4.78 is 15.5. The summed E-state index contributed by atoms with van der Waals surface area (Å²) >= 11 is 0. The monoisotopic (exact) mass is 343 g/mol. The fraction of sp³-hybridized carbons (Fsp3) is 0.263. The van der Waals surface area contributed by atoms with Crippen LogP contribution in [0.25, 0.3) is 0 Å². The van der Waals surface area contributed by atoms with E-state index in [-0.39, 0.29) is 13.2 Å². The van der Waals surface area contributed by atoms with E-state index in [1.54, 1.807) is 38.1 Å². The van der Waals surface area contributed by atoms with Crippen LogP contribution in [0.1, 0.15) is 13.8 Å². The predicted molar refractivity (Wildman–Crippen MR) is 93.6 cm³/mol. The van der Waals surface area contributed by atoms with Gasteiger partial charge in [0.15, 0.2) is 0 Å². The van der Waals surface area contributed by atoms with Crippen molar-refractivity contribution in [2.45, 2.75) is 19.9 Å². The molecule has 0 fully saturated rings. The Morgan fingerprint density at radius 2 is 1.36 bits per heavy atom. The maximum atomic E-state index is 12.0. The van der Waals surface area contributed by atoms with E-state index in [9.17, 15) is 9.59 Å². The van der Waals surface area contributed by atoms with Crippen molar-refractivity contribution in [1.29, 1.82) is 0 Å². The van der Waals surface area contributed by atoms with E-state index >= 15 is 0 Å². The summed E-state index contributed by atoms with van der Waals surface area (Å²) in [7, 11) is 0. The van der Waals surface area contributed by atoms with Crippen molar-refractivity contribution in [3.8, 4) is 11.5 Å². The molecule has 0 unspecified atom stereocenters. The van der Waals surface area contributed by atoms with Gasteiger partial charge in [0.2, 0.25) is 6.04 Å². The largest absolute Gasteiger partial charge is 0.464 e. The SMILES string of the molecule is CCOC(=O)C(Nc1ccc(Oc2ccccc2)cc1)C(=O)OCC. The lowest BCUT2D eigenvalue weighted by molar-refractivity contribution is -0.155. The number of carbonyl (C=O) groups is 2. The number of esters is 2. The third kappa shape index (κ3) is 5.53. The molecule has 0 aliphatic heterocycles. The number of hydrogen-bond donors (Lipinski definition) is 1. The number of nitrogens with one attached hydrogen (secondary N) is 1. The molecular formula is C19H21NO5. The molecule has 25 heavy (non-hydrogen) atoms. The second-order valence-electron chi connectivity index (χ2n) is 5.02.